The fourth-order valence-electron chi connectivity index (χ4n) is 4.32. The van der Waals surface area contributed by atoms with Crippen molar-refractivity contribution in [2.24, 2.45) is 5.41 Å². The number of amides is 2. The minimum Gasteiger partial charge on any atom is -0.384 e. The molecule has 0 atom stereocenters. The van der Waals surface area contributed by atoms with Crippen LogP contribution in [0.2, 0.25) is 0 Å². The van der Waals surface area contributed by atoms with Gasteiger partial charge in [0.1, 0.15) is 0 Å². The number of benzene rings is 2. The predicted molar refractivity (Wildman–Crippen MR) is 121 cm³/mol. The summed E-state index contributed by atoms with van der Waals surface area (Å²) in [4.78, 5) is 28.0. The van der Waals surface area contributed by atoms with Gasteiger partial charge in [0.25, 0.3) is 5.91 Å². The molecule has 2 aromatic rings. The van der Waals surface area contributed by atoms with E-state index in [1.165, 1.54) is 5.56 Å². The number of ether oxygens (including phenoxy) is 1. The monoisotopic (exact) mass is 429 g/mol. The molecule has 4 rings (SSSR count). The van der Waals surface area contributed by atoms with Gasteiger partial charge in [-0.1, -0.05) is 24.3 Å². The molecule has 0 aromatic heterocycles. The second kappa shape index (κ2) is 9.60. The third kappa shape index (κ3) is 4.36. The number of para-hydroxylation sites is 1. The van der Waals surface area contributed by atoms with Gasteiger partial charge in [-0.15, -0.1) is 12.4 Å². The van der Waals surface area contributed by atoms with Gasteiger partial charge in [-0.2, -0.15) is 0 Å². The number of nitrogens with one attached hydrogen (secondary N) is 2. The van der Waals surface area contributed by atoms with Crippen LogP contribution in [0.15, 0.2) is 48.5 Å². The third-order valence-electron chi connectivity index (χ3n) is 5.96. The lowest BCUT2D eigenvalue weighted by Gasteiger charge is -2.35. The molecule has 2 heterocycles. The van der Waals surface area contributed by atoms with Crippen molar-refractivity contribution in [2.75, 3.05) is 43.6 Å². The van der Waals surface area contributed by atoms with E-state index in [1.54, 1.807) is 19.2 Å². The van der Waals surface area contributed by atoms with E-state index in [9.17, 15) is 9.59 Å². The number of fused-ring (bicyclic) bond motifs is 1. The fourth-order valence-corrected chi connectivity index (χ4v) is 4.32. The molecule has 0 radical (unpaired) electrons. The van der Waals surface area contributed by atoms with Gasteiger partial charge >= 0.3 is 0 Å². The second-order valence-electron chi connectivity index (χ2n) is 7.83. The number of carbonyl (C=O) groups excluding carboxylic acids is 2. The van der Waals surface area contributed by atoms with Gasteiger partial charge in [0, 0.05) is 30.6 Å². The van der Waals surface area contributed by atoms with Crippen LogP contribution in [0, 0.1) is 5.41 Å². The van der Waals surface area contributed by atoms with Crippen molar-refractivity contribution in [3.05, 3.63) is 59.7 Å². The Labute approximate surface area is 183 Å². The Balaban J connectivity index is 0.00000256. The zero-order valence-electron chi connectivity index (χ0n) is 17.1. The lowest BCUT2D eigenvalue weighted by atomic mass is 9.78. The van der Waals surface area contributed by atoms with Gasteiger partial charge in [0.15, 0.2) is 0 Å². The number of methoxy groups -OCH3 is 1. The fraction of sp³-hybridized carbons (Fsp3) is 0.391. The van der Waals surface area contributed by atoms with Crippen molar-refractivity contribution in [1.29, 1.82) is 0 Å². The van der Waals surface area contributed by atoms with E-state index in [1.807, 2.05) is 35.2 Å². The second-order valence-corrected chi connectivity index (χ2v) is 7.83. The molecular formula is C23H28ClN3O3. The number of hydrogen-bond donors (Lipinski definition) is 2. The Morgan fingerprint density at radius 1 is 1.13 bits per heavy atom. The van der Waals surface area contributed by atoms with Crippen LogP contribution < -0.4 is 15.5 Å². The molecule has 7 heteroatoms. The number of nitrogens with zero attached hydrogens (tertiary/aromatic N) is 1. The number of carbonyl (C=O) groups is 2. The van der Waals surface area contributed by atoms with Crippen molar-refractivity contribution < 1.29 is 14.3 Å². The summed E-state index contributed by atoms with van der Waals surface area (Å²) in [5, 5.41) is 6.32. The molecule has 30 heavy (non-hydrogen) atoms. The van der Waals surface area contributed by atoms with E-state index in [0.29, 0.717) is 24.4 Å². The molecule has 0 saturated carbocycles. The predicted octanol–water partition coefficient (Wildman–Crippen LogP) is 3.27. The van der Waals surface area contributed by atoms with Crippen LogP contribution in [0.25, 0.3) is 0 Å². The van der Waals surface area contributed by atoms with E-state index in [0.717, 1.165) is 38.0 Å². The van der Waals surface area contributed by atoms with E-state index in [4.69, 9.17) is 4.74 Å². The summed E-state index contributed by atoms with van der Waals surface area (Å²) < 4.78 is 5.36. The standard InChI is InChI=1S/C23H27N3O3.ClH/c1-29-16-23(10-12-24-13-11-23)22(28)25-19-7-4-6-18(15-19)21(27)26-14-9-17-5-2-3-8-20(17)26;/h2-8,15,24H,9-14,16H2,1H3,(H,25,28);1H. The summed E-state index contributed by atoms with van der Waals surface area (Å²) in [5.74, 6) is -0.0866. The normalized spacial score (nSPS) is 17.0. The minimum absolute atomic E-state index is 0. The Morgan fingerprint density at radius 2 is 1.90 bits per heavy atom. The summed E-state index contributed by atoms with van der Waals surface area (Å²) in [7, 11) is 1.63. The van der Waals surface area contributed by atoms with Crippen LogP contribution in [-0.4, -0.2) is 45.2 Å². The molecule has 0 unspecified atom stereocenters. The first-order valence-corrected chi connectivity index (χ1v) is 10.1. The maximum absolute atomic E-state index is 13.1. The number of piperidine rings is 1. The average molecular weight is 430 g/mol. The minimum atomic E-state index is -0.534. The molecule has 0 aliphatic carbocycles. The Kier molecular flexibility index (Phi) is 7.13. The quantitative estimate of drug-likeness (QED) is 0.765. The Bertz CT molecular complexity index is 907. The maximum atomic E-state index is 13.1. The first-order chi connectivity index (χ1) is 14.1. The zero-order chi connectivity index (χ0) is 20.3. The lowest BCUT2D eigenvalue weighted by Crippen LogP contribution is -2.47. The highest BCUT2D eigenvalue weighted by Gasteiger charge is 2.39. The van der Waals surface area contributed by atoms with Crippen molar-refractivity contribution in [3.8, 4) is 0 Å². The highest BCUT2D eigenvalue weighted by molar-refractivity contribution is 6.08. The van der Waals surface area contributed by atoms with Crippen molar-refractivity contribution >= 4 is 35.6 Å². The lowest BCUT2D eigenvalue weighted by molar-refractivity contribution is -0.130. The molecule has 2 amide bonds. The molecule has 2 aliphatic heterocycles. The Morgan fingerprint density at radius 3 is 2.67 bits per heavy atom. The topological polar surface area (TPSA) is 70.7 Å². The molecule has 1 saturated heterocycles. The largest absolute Gasteiger partial charge is 0.384 e. The molecule has 160 valence electrons. The van der Waals surface area contributed by atoms with Crippen molar-refractivity contribution in [3.63, 3.8) is 0 Å². The van der Waals surface area contributed by atoms with Gasteiger partial charge in [-0.25, -0.2) is 0 Å². The highest BCUT2D eigenvalue weighted by Crippen LogP contribution is 2.32. The molecule has 2 aromatic carbocycles. The van der Waals surface area contributed by atoms with Crippen LogP contribution >= 0.6 is 12.4 Å². The molecule has 0 bridgehead atoms. The molecule has 1 fully saturated rings. The summed E-state index contributed by atoms with van der Waals surface area (Å²) in [6.07, 6.45) is 2.33. The number of hydrogen-bond acceptors (Lipinski definition) is 4. The smallest absolute Gasteiger partial charge is 0.258 e. The van der Waals surface area contributed by atoms with Gasteiger partial charge < -0.3 is 20.3 Å². The molecule has 0 spiro atoms. The average Bonchev–Trinajstić information content (AvgIpc) is 3.18. The summed E-state index contributed by atoms with van der Waals surface area (Å²) in [5.41, 5.74) is 2.85. The highest BCUT2D eigenvalue weighted by atomic mass is 35.5. The van der Waals surface area contributed by atoms with Crippen molar-refractivity contribution in [1.82, 2.24) is 5.32 Å². The maximum Gasteiger partial charge on any atom is 0.258 e. The van der Waals surface area contributed by atoms with Crippen LogP contribution in [0.5, 0.6) is 0 Å². The van der Waals surface area contributed by atoms with Crippen LogP contribution in [-0.2, 0) is 16.0 Å². The summed E-state index contributed by atoms with van der Waals surface area (Å²) in [6.45, 7) is 2.66. The summed E-state index contributed by atoms with van der Waals surface area (Å²) in [6, 6.07) is 15.2. The first kappa shape index (κ1) is 22.3. The molecule has 2 N–H and O–H groups in total. The first-order valence-electron chi connectivity index (χ1n) is 10.1. The molecule has 2 aliphatic rings. The zero-order valence-corrected chi connectivity index (χ0v) is 18.0. The van der Waals surface area contributed by atoms with E-state index in [-0.39, 0.29) is 24.2 Å². The summed E-state index contributed by atoms with van der Waals surface area (Å²) >= 11 is 0. The van der Waals surface area contributed by atoms with Crippen molar-refractivity contribution in [2.45, 2.75) is 19.3 Å². The SMILES string of the molecule is COCC1(C(=O)Nc2cccc(C(=O)N3CCc4ccccc43)c2)CCNCC1.Cl. The van der Waals surface area contributed by atoms with Gasteiger partial charge in [-0.3, -0.25) is 9.59 Å². The molecule has 6 nitrogen and oxygen atoms in total. The van der Waals surface area contributed by atoms with Gasteiger partial charge in [-0.05, 0) is 62.2 Å². The van der Waals surface area contributed by atoms with Crippen LogP contribution in [0.4, 0.5) is 11.4 Å². The molecular weight excluding hydrogens is 402 g/mol. The number of anilines is 2. The van der Waals surface area contributed by atoms with Crippen LogP contribution in [0.1, 0.15) is 28.8 Å². The number of rotatable bonds is 5. The van der Waals surface area contributed by atoms with E-state index >= 15 is 0 Å². The van der Waals surface area contributed by atoms with E-state index < -0.39 is 5.41 Å². The van der Waals surface area contributed by atoms with Gasteiger partial charge in [0.2, 0.25) is 5.91 Å². The Hall–Kier alpha value is -2.41. The van der Waals surface area contributed by atoms with Gasteiger partial charge in [0.05, 0.1) is 12.0 Å². The third-order valence-corrected chi connectivity index (χ3v) is 5.96. The number of halogens is 1. The van der Waals surface area contributed by atoms with Crippen LogP contribution in [0.3, 0.4) is 0 Å². The van der Waals surface area contributed by atoms with E-state index in [2.05, 4.69) is 16.7 Å².